The number of amides is 1. The molecule has 2 fully saturated rings. The average Bonchev–Trinajstić information content (AvgIpc) is 3.48. The lowest BCUT2D eigenvalue weighted by Gasteiger charge is -2.43. The van der Waals surface area contributed by atoms with Crippen LogP contribution in [0.2, 0.25) is 0 Å². The van der Waals surface area contributed by atoms with Crippen LogP contribution in [-0.4, -0.2) is 12.5 Å². The molecule has 4 nitrogen and oxygen atoms in total. The molecule has 1 aliphatic heterocycles. The fourth-order valence-electron chi connectivity index (χ4n) is 6.66. The highest BCUT2D eigenvalue weighted by Crippen LogP contribution is 2.63. The zero-order valence-electron chi connectivity index (χ0n) is 19.0. The molecule has 168 valence electrons. The van der Waals surface area contributed by atoms with Crippen LogP contribution in [-0.2, 0) is 0 Å². The summed E-state index contributed by atoms with van der Waals surface area (Å²) in [4.78, 5) is 13.2. The number of fused-ring (bicyclic) bond motifs is 7. The van der Waals surface area contributed by atoms with E-state index >= 15 is 0 Å². The minimum absolute atomic E-state index is 0.0881. The Morgan fingerprint density at radius 1 is 1.00 bits per heavy atom. The van der Waals surface area contributed by atoms with Crippen molar-refractivity contribution in [3.63, 3.8) is 0 Å². The predicted octanol–water partition coefficient (Wildman–Crippen LogP) is 6.63. The fraction of sp³-hybridized carbons (Fsp3) is 0.345. The number of carbonyl (C=O) groups excluding carboxylic acids is 1. The minimum atomic E-state index is -0.0881. The summed E-state index contributed by atoms with van der Waals surface area (Å²) in [5.41, 5.74) is 5.30. The number of nitrogens with one attached hydrogen (secondary N) is 2. The largest absolute Gasteiger partial charge is 0.492 e. The number of benzene rings is 3. The number of ether oxygens (including phenoxy) is 1. The van der Waals surface area contributed by atoms with Crippen LogP contribution in [0.1, 0.15) is 59.6 Å². The predicted molar refractivity (Wildman–Crippen MR) is 132 cm³/mol. The van der Waals surface area contributed by atoms with Crippen molar-refractivity contribution in [2.24, 2.45) is 17.8 Å². The maximum atomic E-state index is 13.2. The molecule has 3 aromatic carbocycles. The Balaban J connectivity index is 1.33. The number of hydrogen-bond donors (Lipinski definition) is 2. The van der Waals surface area contributed by atoms with E-state index in [9.17, 15) is 4.79 Å². The van der Waals surface area contributed by atoms with Crippen LogP contribution in [0.5, 0.6) is 5.75 Å². The third kappa shape index (κ3) is 3.49. The first-order valence-corrected chi connectivity index (χ1v) is 12.2. The lowest BCUT2D eigenvalue weighted by Crippen LogP contribution is -2.35. The van der Waals surface area contributed by atoms with Crippen LogP contribution in [0.15, 0.2) is 72.8 Å². The summed E-state index contributed by atoms with van der Waals surface area (Å²) < 4.78 is 5.68. The van der Waals surface area contributed by atoms with E-state index in [4.69, 9.17) is 4.74 Å². The van der Waals surface area contributed by atoms with Crippen molar-refractivity contribution in [3.05, 3.63) is 89.5 Å². The van der Waals surface area contributed by atoms with Gasteiger partial charge in [-0.3, -0.25) is 4.79 Å². The molecular formula is C29H30N2O2. The second kappa shape index (κ2) is 8.26. The maximum Gasteiger partial charge on any atom is 0.255 e. The summed E-state index contributed by atoms with van der Waals surface area (Å²) >= 11 is 0. The Labute approximate surface area is 195 Å². The molecule has 6 rings (SSSR count). The van der Waals surface area contributed by atoms with Gasteiger partial charge >= 0.3 is 0 Å². The highest BCUT2D eigenvalue weighted by atomic mass is 16.5. The van der Waals surface area contributed by atoms with Gasteiger partial charge in [0.2, 0.25) is 0 Å². The van der Waals surface area contributed by atoms with Gasteiger partial charge in [0.15, 0.2) is 0 Å². The molecule has 5 atom stereocenters. The molecule has 0 spiro atoms. The van der Waals surface area contributed by atoms with Crippen molar-refractivity contribution in [2.45, 2.75) is 38.1 Å². The van der Waals surface area contributed by atoms with E-state index in [1.165, 1.54) is 36.1 Å². The van der Waals surface area contributed by atoms with Gasteiger partial charge in [0.1, 0.15) is 5.75 Å². The lowest BCUT2D eigenvalue weighted by molar-refractivity contribution is 0.102. The Morgan fingerprint density at radius 3 is 2.64 bits per heavy atom. The van der Waals surface area contributed by atoms with E-state index in [-0.39, 0.29) is 5.91 Å². The highest BCUT2D eigenvalue weighted by molar-refractivity contribution is 6.05. The van der Waals surface area contributed by atoms with Gasteiger partial charge in [-0.1, -0.05) is 42.5 Å². The van der Waals surface area contributed by atoms with Gasteiger partial charge in [0.05, 0.1) is 18.3 Å². The van der Waals surface area contributed by atoms with Crippen LogP contribution >= 0.6 is 0 Å². The van der Waals surface area contributed by atoms with Crippen molar-refractivity contribution >= 4 is 17.3 Å². The number of para-hydroxylation sites is 2. The molecule has 0 aromatic heterocycles. The normalized spacial score (nSPS) is 26.8. The molecule has 0 unspecified atom stereocenters. The molecule has 2 saturated carbocycles. The monoisotopic (exact) mass is 438 g/mol. The van der Waals surface area contributed by atoms with E-state index in [0.29, 0.717) is 41.5 Å². The second-order valence-corrected chi connectivity index (χ2v) is 9.65. The van der Waals surface area contributed by atoms with Gasteiger partial charge in [0, 0.05) is 11.3 Å². The molecular weight excluding hydrogens is 408 g/mol. The quantitative estimate of drug-likeness (QED) is 0.470. The Bertz CT molecular complexity index is 1180. The summed E-state index contributed by atoms with van der Waals surface area (Å²) in [5.74, 6) is 3.22. The molecule has 4 heteroatoms. The second-order valence-electron chi connectivity index (χ2n) is 9.65. The van der Waals surface area contributed by atoms with E-state index in [2.05, 4.69) is 53.1 Å². The molecule has 3 aromatic rings. The summed E-state index contributed by atoms with van der Waals surface area (Å²) in [7, 11) is 0. The third-order valence-electron chi connectivity index (χ3n) is 7.94. The zero-order valence-corrected chi connectivity index (χ0v) is 19.0. The van der Waals surface area contributed by atoms with Gasteiger partial charge < -0.3 is 15.4 Å². The van der Waals surface area contributed by atoms with Gasteiger partial charge in [-0.2, -0.15) is 0 Å². The van der Waals surface area contributed by atoms with Crippen LogP contribution in [0, 0.1) is 17.8 Å². The topological polar surface area (TPSA) is 50.4 Å². The van der Waals surface area contributed by atoms with Gasteiger partial charge in [0.25, 0.3) is 5.91 Å². The Kier molecular flexibility index (Phi) is 5.09. The fourth-order valence-corrected chi connectivity index (χ4v) is 6.66. The molecule has 1 amide bonds. The molecule has 2 aliphatic carbocycles. The summed E-state index contributed by atoms with van der Waals surface area (Å²) in [6.07, 6.45) is 3.96. The highest BCUT2D eigenvalue weighted by Gasteiger charge is 2.53. The minimum Gasteiger partial charge on any atom is -0.492 e. The lowest BCUT2D eigenvalue weighted by atomic mass is 9.68. The van der Waals surface area contributed by atoms with Crippen molar-refractivity contribution in [3.8, 4) is 5.75 Å². The maximum absolute atomic E-state index is 13.2. The molecule has 3 aliphatic rings. The molecule has 2 bridgehead atoms. The van der Waals surface area contributed by atoms with Gasteiger partial charge in [-0.15, -0.1) is 0 Å². The summed E-state index contributed by atoms with van der Waals surface area (Å²) in [5, 5.41) is 6.92. The first-order valence-electron chi connectivity index (χ1n) is 12.2. The standard InChI is InChI=1S/C29H30N2O2/c1-2-33-25-11-7-6-10-24(25)31-29(32)21-14-15-23-22(17-21)26-19-12-13-20(16-19)27(26)28(30-23)18-8-4-3-5-9-18/h3-11,14-15,17,19-20,26-28,30H,2,12-13,16H2,1H3,(H,31,32)/t19-,20-,26+,27-,28-/m0/s1. The van der Waals surface area contributed by atoms with Crippen molar-refractivity contribution in [1.29, 1.82) is 0 Å². The van der Waals surface area contributed by atoms with Crippen molar-refractivity contribution < 1.29 is 9.53 Å². The van der Waals surface area contributed by atoms with Crippen molar-refractivity contribution in [1.82, 2.24) is 0 Å². The first-order chi connectivity index (χ1) is 16.2. The number of rotatable bonds is 5. The zero-order chi connectivity index (χ0) is 22.4. The Hall–Kier alpha value is -3.27. The Morgan fingerprint density at radius 2 is 1.79 bits per heavy atom. The average molecular weight is 439 g/mol. The first kappa shape index (κ1) is 20.3. The van der Waals surface area contributed by atoms with Crippen LogP contribution in [0.3, 0.4) is 0 Å². The number of hydrogen-bond acceptors (Lipinski definition) is 3. The van der Waals surface area contributed by atoms with E-state index < -0.39 is 0 Å². The molecule has 33 heavy (non-hydrogen) atoms. The summed E-state index contributed by atoms with van der Waals surface area (Å²) in [6.45, 7) is 2.51. The number of anilines is 2. The molecule has 1 heterocycles. The van der Waals surface area contributed by atoms with E-state index in [0.717, 1.165) is 11.8 Å². The third-order valence-corrected chi connectivity index (χ3v) is 7.94. The number of carbonyl (C=O) groups is 1. The molecule has 2 N–H and O–H groups in total. The van der Waals surface area contributed by atoms with Crippen LogP contribution in [0.4, 0.5) is 11.4 Å². The van der Waals surface area contributed by atoms with Crippen LogP contribution < -0.4 is 15.4 Å². The van der Waals surface area contributed by atoms with E-state index in [1.54, 1.807) is 0 Å². The molecule has 0 radical (unpaired) electrons. The van der Waals surface area contributed by atoms with Gasteiger partial charge in [-0.25, -0.2) is 0 Å². The summed E-state index contributed by atoms with van der Waals surface area (Å²) in [6, 6.07) is 25.0. The van der Waals surface area contributed by atoms with Crippen molar-refractivity contribution in [2.75, 3.05) is 17.2 Å². The van der Waals surface area contributed by atoms with Gasteiger partial charge in [-0.05, 0) is 91.3 Å². The van der Waals surface area contributed by atoms with Crippen LogP contribution in [0.25, 0.3) is 0 Å². The van der Waals surface area contributed by atoms with E-state index in [1.807, 2.05) is 37.3 Å². The smallest absolute Gasteiger partial charge is 0.255 e. The molecule has 0 saturated heterocycles. The SMILES string of the molecule is CCOc1ccccc1NC(=O)c1ccc2c(c1)[C@H]1[C@H]3CC[C@@H](C3)[C@@H]1[C@H](c1ccccc1)N2.